The predicted octanol–water partition coefficient (Wildman–Crippen LogP) is 0.310. The zero-order valence-electron chi connectivity index (χ0n) is 24.4. The molecule has 6 heterocycles. The minimum atomic E-state index is -0.323. The molecule has 46 heavy (non-hydrogen) atoms. The first-order valence-corrected chi connectivity index (χ1v) is 16.2. The Morgan fingerprint density at radius 2 is 1.33 bits per heavy atom. The second-order valence-electron chi connectivity index (χ2n) is 10.9. The zero-order valence-corrected chi connectivity index (χ0v) is 26.8. The van der Waals surface area contributed by atoms with Gasteiger partial charge in [-0.1, -0.05) is 34.3 Å². The van der Waals surface area contributed by atoms with Gasteiger partial charge in [-0.05, 0) is 37.8 Å². The zero-order chi connectivity index (χ0) is 32.1. The second-order valence-corrected chi connectivity index (χ2v) is 13.4. The highest BCUT2D eigenvalue weighted by molar-refractivity contribution is 7.10. The Balaban J connectivity index is 0.000000147. The number of nitrogens with one attached hydrogen (secondary N) is 2. The van der Waals surface area contributed by atoms with Crippen LogP contribution in [0.15, 0.2) is 44.1 Å². The van der Waals surface area contributed by atoms with Crippen molar-refractivity contribution in [3.05, 3.63) is 80.2 Å². The number of nitrogens with zero attached hydrogens (tertiary/aromatic N) is 9. The molecule has 8 rings (SSSR count). The summed E-state index contributed by atoms with van der Waals surface area (Å²) in [6.07, 6.45) is 11.0. The molecule has 0 aliphatic heterocycles. The van der Waals surface area contributed by atoms with E-state index < -0.39 is 0 Å². The molecule has 4 N–H and O–H groups in total. The highest BCUT2D eigenvalue weighted by Gasteiger charge is 2.21. The third kappa shape index (κ3) is 6.29. The van der Waals surface area contributed by atoms with Crippen molar-refractivity contribution in [2.24, 2.45) is 9.98 Å². The van der Waals surface area contributed by atoms with E-state index in [1.54, 1.807) is 39.6 Å². The Bertz CT molecular complexity index is 2480. The fourth-order valence-corrected chi connectivity index (χ4v) is 5.97. The minimum Gasteiger partial charge on any atom is -0.493 e. The standard InChI is InChI=1S/C15H16N6O2S.C13H10ClN5O2S/c1-20(2)11-6-12(17-9-3-4-9)21-13(18-11)8(7-16-21)5-10-14(22)19-15(23)24-10;14-9-4-10(16-7-1-2-7)19-11(17-9)6(5-15-19)3-8-12(20)18-13(21)22-8/h5-7,9,22H,3-4H2,1-2H3,(H,19,23);3-5,7,20H,1-2H2,(H,18,21). The van der Waals surface area contributed by atoms with Crippen molar-refractivity contribution in [3.63, 3.8) is 0 Å². The number of aromatic nitrogens is 8. The van der Waals surface area contributed by atoms with E-state index in [9.17, 15) is 19.8 Å². The first kappa shape index (κ1) is 29.8. The van der Waals surface area contributed by atoms with Gasteiger partial charge in [0.2, 0.25) is 11.8 Å². The van der Waals surface area contributed by atoms with E-state index in [4.69, 9.17) is 16.6 Å². The number of thiazole rings is 2. The predicted molar refractivity (Wildman–Crippen MR) is 173 cm³/mol. The number of aromatic amines is 2. The molecule has 0 atom stereocenters. The molecule has 6 aromatic rings. The summed E-state index contributed by atoms with van der Waals surface area (Å²) in [5.41, 5.74) is 2.59. The molecule has 15 nitrogen and oxygen atoms in total. The van der Waals surface area contributed by atoms with Crippen LogP contribution in [-0.4, -0.2) is 75.6 Å². The third-order valence-electron chi connectivity index (χ3n) is 6.98. The van der Waals surface area contributed by atoms with Crippen LogP contribution >= 0.6 is 34.3 Å². The van der Waals surface area contributed by atoms with E-state index in [2.05, 4.69) is 35.1 Å². The molecule has 2 aliphatic rings. The Morgan fingerprint density at radius 3 is 1.76 bits per heavy atom. The van der Waals surface area contributed by atoms with Gasteiger partial charge in [0.05, 0.1) is 34.2 Å². The van der Waals surface area contributed by atoms with Crippen LogP contribution in [0.5, 0.6) is 11.8 Å². The first-order chi connectivity index (χ1) is 22.1. The van der Waals surface area contributed by atoms with Gasteiger partial charge < -0.3 is 15.1 Å². The third-order valence-corrected chi connectivity index (χ3v) is 8.81. The second kappa shape index (κ2) is 11.8. The molecular weight excluding hydrogens is 654 g/mol. The first-order valence-electron chi connectivity index (χ1n) is 14.2. The molecule has 18 heteroatoms. The number of hydrogen-bond acceptors (Lipinski definition) is 13. The summed E-state index contributed by atoms with van der Waals surface area (Å²) >= 11 is 7.92. The molecule has 0 saturated heterocycles. The molecule has 0 bridgehead atoms. The number of hydrogen-bond donors (Lipinski definition) is 4. The molecule has 2 fully saturated rings. The Hall–Kier alpha value is -4.87. The van der Waals surface area contributed by atoms with E-state index >= 15 is 0 Å². The largest absolute Gasteiger partial charge is 0.493 e. The molecule has 0 radical (unpaired) electrons. The summed E-state index contributed by atoms with van der Waals surface area (Å²) in [4.78, 5) is 47.6. The maximum absolute atomic E-state index is 11.4. The average Bonchev–Trinajstić information content (AvgIpc) is 3.86. The lowest BCUT2D eigenvalue weighted by atomic mass is 10.3. The molecule has 236 valence electrons. The smallest absolute Gasteiger partial charge is 0.307 e. The van der Waals surface area contributed by atoms with Crippen LogP contribution in [-0.2, 0) is 0 Å². The van der Waals surface area contributed by atoms with Gasteiger partial charge in [-0.25, -0.2) is 9.97 Å². The molecule has 0 spiro atoms. The van der Waals surface area contributed by atoms with Crippen LogP contribution in [0.4, 0.5) is 5.82 Å². The summed E-state index contributed by atoms with van der Waals surface area (Å²) in [6.45, 7) is 0. The van der Waals surface area contributed by atoms with Crippen molar-refractivity contribution >= 4 is 63.5 Å². The molecule has 2 saturated carbocycles. The minimum absolute atomic E-state index is 0.143. The van der Waals surface area contributed by atoms with Gasteiger partial charge in [-0.3, -0.25) is 29.5 Å². The van der Waals surface area contributed by atoms with Gasteiger partial charge in [0.25, 0.3) is 0 Å². The van der Waals surface area contributed by atoms with Crippen LogP contribution in [0, 0.1) is 0 Å². The van der Waals surface area contributed by atoms with Crippen LogP contribution < -0.4 is 36.1 Å². The Labute approximate surface area is 270 Å². The molecular formula is C28H26ClN11O4S2. The number of rotatable bonds is 5. The van der Waals surface area contributed by atoms with Gasteiger partial charge in [0.1, 0.15) is 11.0 Å². The normalized spacial score (nSPS) is 16.5. The monoisotopic (exact) mass is 679 g/mol. The highest BCUT2D eigenvalue weighted by atomic mass is 35.5. The number of anilines is 1. The summed E-state index contributed by atoms with van der Waals surface area (Å²) in [5.74, 6) is 0.471. The highest BCUT2D eigenvalue weighted by Crippen LogP contribution is 2.23. The number of halogens is 1. The van der Waals surface area contributed by atoms with E-state index in [-0.39, 0.29) is 21.5 Å². The Morgan fingerprint density at radius 1 is 0.848 bits per heavy atom. The SMILES string of the molecule is CN(C)c1cc(=NC2CC2)n2ncc(=Cc3sc(=O)[nH]c3O)c2n1.O=c1[nH]c(O)c(C=c2cnn3c(=NC4CC4)cc(Cl)nc23)s1. The van der Waals surface area contributed by atoms with E-state index in [1.807, 2.05) is 25.1 Å². The van der Waals surface area contributed by atoms with Gasteiger partial charge in [-0.15, -0.1) is 0 Å². The molecule has 6 aromatic heterocycles. The van der Waals surface area contributed by atoms with Crippen LogP contribution in [0.1, 0.15) is 35.4 Å². The molecule has 2 aliphatic carbocycles. The maximum atomic E-state index is 11.4. The van der Waals surface area contributed by atoms with E-state index in [0.29, 0.717) is 49.0 Å². The van der Waals surface area contributed by atoms with Crippen LogP contribution in [0.2, 0.25) is 5.15 Å². The molecule has 0 amide bonds. The summed E-state index contributed by atoms with van der Waals surface area (Å²) in [6, 6.07) is 4.28. The van der Waals surface area contributed by atoms with Crippen molar-refractivity contribution in [1.29, 1.82) is 0 Å². The molecule has 0 unspecified atom stereocenters. The van der Waals surface area contributed by atoms with Crippen molar-refractivity contribution in [1.82, 2.24) is 39.2 Å². The quantitative estimate of drug-likeness (QED) is 0.186. The van der Waals surface area contributed by atoms with Gasteiger partial charge >= 0.3 is 9.75 Å². The van der Waals surface area contributed by atoms with E-state index in [0.717, 1.165) is 64.9 Å². The van der Waals surface area contributed by atoms with Crippen molar-refractivity contribution in [2.45, 2.75) is 37.8 Å². The molecule has 0 aromatic carbocycles. The van der Waals surface area contributed by atoms with Crippen LogP contribution in [0.3, 0.4) is 0 Å². The van der Waals surface area contributed by atoms with Crippen LogP contribution in [0.25, 0.3) is 23.4 Å². The number of fused-ring (bicyclic) bond motifs is 2. The number of aromatic hydroxyl groups is 2. The lowest BCUT2D eigenvalue weighted by molar-refractivity contribution is 0.454. The summed E-state index contributed by atoms with van der Waals surface area (Å²) < 4.78 is 3.31. The average molecular weight is 680 g/mol. The van der Waals surface area contributed by atoms with Gasteiger partial charge in [-0.2, -0.15) is 19.2 Å². The summed E-state index contributed by atoms with van der Waals surface area (Å²) in [7, 11) is 3.84. The lowest BCUT2D eigenvalue weighted by Crippen LogP contribution is -2.22. The van der Waals surface area contributed by atoms with E-state index in [1.165, 1.54) is 0 Å². The Kier molecular flexibility index (Phi) is 7.66. The van der Waals surface area contributed by atoms with Gasteiger partial charge in [0, 0.05) is 36.7 Å². The van der Waals surface area contributed by atoms with Crippen molar-refractivity contribution < 1.29 is 10.2 Å². The fourth-order valence-electron chi connectivity index (χ4n) is 4.43. The van der Waals surface area contributed by atoms with Gasteiger partial charge in [0.15, 0.2) is 22.3 Å². The fraction of sp³-hybridized carbons (Fsp3) is 0.286. The number of H-pyrrole nitrogens is 2. The van der Waals surface area contributed by atoms with Crippen molar-refractivity contribution in [2.75, 3.05) is 19.0 Å². The summed E-state index contributed by atoms with van der Waals surface area (Å²) in [5, 5.41) is 29.8. The van der Waals surface area contributed by atoms with Crippen molar-refractivity contribution in [3.8, 4) is 11.8 Å². The maximum Gasteiger partial charge on any atom is 0.307 e. The lowest BCUT2D eigenvalue weighted by Gasteiger charge is -2.11. The topological polar surface area (TPSA) is 195 Å².